The Kier molecular flexibility index (Phi) is 2.36. The minimum absolute atomic E-state index is 0.991. The Labute approximate surface area is 117 Å². The second-order valence-electron chi connectivity index (χ2n) is 5.36. The van der Waals surface area contributed by atoms with Crippen LogP contribution in [-0.4, -0.2) is 25.6 Å². The van der Waals surface area contributed by atoms with Crippen LogP contribution in [-0.2, 0) is 13.6 Å². The molecule has 1 aliphatic rings. The largest absolute Gasteiger partial charge is 0.356 e. The molecule has 3 aromatic rings. The molecule has 0 amide bonds. The zero-order valence-corrected chi connectivity index (χ0v) is 11.7. The number of hydrogen-bond donors (Lipinski definition) is 1. The van der Waals surface area contributed by atoms with E-state index in [2.05, 4.69) is 40.0 Å². The van der Waals surface area contributed by atoms with Crippen LogP contribution in [0.25, 0.3) is 22.3 Å². The van der Waals surface area contributed by atoms with Crippen molar-refractivity contribution < 1.29 is 0 Å². The molecule has 1 aromatic carbocycles. The number of fused-ring (bicyclic) bond motifs is 2. The second kappa shape index (κ2) is 4.10. The molecule has 4 rings (SSSR count). The first-order chi connectivity index (χ1) is 9.74. The van der Waals surface area contributed by atoms with E-state index in [-0.39, 0.29) is 0 Å². The van der Waals surface area contributed by atoms with Gasteiger partial charge < -0.3 is 14.5 Å². The van der Waals surface area contributed by atoms with Crippen molar-refractivity contribution in [1.29, 1.82) is 0 Å². The molecule has 5 heteroatoms. The number of benzene rings is 1. The van der Waals surface area contributed by atoms with E-state index >= 15 is 0 Å². The third-order valence-corrected chi connectivity index (χ3v) is 4.06. The lowest BCUT2D eigenvalue weighted by molar-refractivity contribution is 0.615. The number of nitrogens with one attached hydrogen (secondary N) is 1. The second-order valence-corrected chi connectivity index (χ2v) is 5.36. The maximum absolute atomic E-state index is 4.75. The Morgan fingerprint density at radius 3 is 3.05 bits per heavy atom. The Morgan fingerprint density at radius 1 is 1.30 bits per heavy atom. The predicted octanol–water partition coefficient (Wildman–Crippen LogP) is 2.56. The molecule has 5 nitrogen and oxygen atoms in total. The molecule has 1 aliphatic heterocycles. The number of rotatable bonds is 1. The quantitative estimate of drug-likeness (QED) is 0.737. The number of anilines is 1. The number of nitrogens with zero attached hydrogens (tertiary/aromatic N) is 4. The highest BCUT2D eigenvalue weighted by molar-refractivity contribution is 5.82. The first-order valence-corrected chi connectivity index (χ1v) is 6.96. The highest BCUT2D eigenvalue weighted by atomic mass is 15.2. The highest BCUT2D eigenvalue weighted by Crippen LogP contribution is 2.29. The van der Waals surface area contributed by atoms with Gasteiger partial charge in [0.1, 0.15) is 0 Å². The van der Waals surface area contributed by atoms with E-state index in [1.165, 1.54) is 5.69 Å². The third-order valence-electron chi connectivity index (χ3n) is 4.06. The van der Waals surface area contributed by atoms with Crippen molar-refractivity contribution in [2.24, 2.45) is 7.05 Å². The average molecular weight is 267 g/mol. The third kappa shape index (κ3) is 1.56. The summed E-state index contributed by atoms with van der Waals surface area (Å²) < 4.78 is 4.30. The molecule has 0 aliphatic carbocycles. The van der Waals surface area contributed by atoms with Crippen LogP contribution < -0.4 is 5.32 Å². The van der Waals surface area contributed by atoms with Gasteiger partial charge in [0, 0.05) is 31.4 Å². The monoisotopic (exact) mass is 267 g/mol. The van der Waals surface area contributed by atoms with Crippen LogP contribution in [0.15, 0.2) is 24.5 Å². The summed E-state index contributed by atoms with van der Waals surface area (Å²) in [7, 11) is 2.01. The molecular weight excluding hydrogens is 250 g/mol. The van der Waals surface area contributed by atoms with Gasteiger partial charge in [-0.25, -0.2) is 9.97 Å². The highest BCUT2D eigenvalue weighted by Gasteiger charge is 2.18. The van der Waals surface area contributed by atoms with Crippen molar-refractivity contribution >= 4 is 17.0 Å². The SMILES string of the molecule is Cc1c(-c2ccc3c(c2)ncn3C)nc2n1CCCN2. The molecule has 0 fully saturated rings. The summed E-state index contributed by atoms with van der Waals surface area (Å²) in [5, 5.41) is 3.37. The molecule has 0 spiro atoms. The van der Waals surface area contributed by atoms with Crippen LogP contribution in [0.3, 0.4) is 0 Å². The van der Waals surface area contributed by atoms with E-state index in [0.717, 1.165) is 47.7 Å². The topological polar surface area (TPSA) is 47.7 Å². The lowest BCUT2D eigenvalue weighted by Gasteiger charge is -2.16. The Morgan fingerprint density at radius 2 is 2.20 bits per heavy atom. The molecule has 0 unspecified atom stereocenters. The zero-order valence-electron chi connectivity index (χ0n) is 11.7. The summed E-state index contributed by atoms with van der Waals surface area (Å²) in [6.07, 6.45) is 3.00. The van der Waals surface area contributed by atoms with Crippen molar-refractivity contribution in [3.63, 3.8) is 0 Å². The number of hydrogen-bond acceptors (Lipinski definition) is 3. The van der Waals surface area contributed by atoms with Crippen molar-refractivity contribution in [2.75, 3.05) is 11.9 Å². The molecule has 3 heterocycles. The van der Waals surface area contributed by atoms with Gasteiger partial charge in [0.05, 0.1) is 23.1 Å². The standard InChI is InChI=1S/C15H17N5/c1-10-14(18-15-16-6-3-7-20(10)15)11-4-5-13-12(8-11)17-9-19(13)2/h4-5,8-9H,3,6-7H2,1-2H3,(H,16,18). The maximum Gasteiger partial charge on any atom is 0.203 e. The van der Waals surface area contributed by atoms with Gasteiger partial charge in [-0.2, -0.15) is 0 Å². The number of imidazole rings is 2. The summed E-state index contributed by atoms with van der Waals surface area (Å²) in [4.78, 5) is 9.18. The summed E-state index contributed by atoms with van der Waals surface area (Å²) in [5.74, 6) is 0.991. The normalized spacial score (nSPS) is 14.3. The fraction of sp³-hybridized carbons (Fsp3) is 0.333. The number of aromatic nitrogens is 4. The van der Waals surface area contributed by atoms with Crippen molar-refractivity contribution in [3.8, 4) is 11.3 Å². The summed E-state index contributed by atoms with van der Waals surface area (Å²) in [5.41, 5.74) is 5.58. The molecule has 0 atom stereocenters. The van der Waals surface area contributed by atoms with Crippen LogP contribution in [0.1, 0.15) is 12.1 Å². The maximum atomic E-state index is 4.75. The van der Waals surface area contributed by atoms with Crippen LogP contribution in [0.5, 0.6) is 0 Å². The van der Waals surface area contributed by atoms with Gasteiger partial charge in [0.15, 0.2) is 0 Å². The van der Waals surface area contributed by atoms with E-state index < -0.39 is 0 Å². The molecule has 0 saturated heterocycles. The summed E-state index contributed by atoms with van der Waals surface area (Å²) >= 11 is 0. The Balaban J connectivity index is 1.88. The van der Waals surface area contributed by atoms with Gasteiger partial charge in [-0.15, -0.1) is 0 Å². The zero-order chi connectivity index (χ0) is 13.7. The smallest absolute Gasteiger partial charge is 0.203 e. The minimum atomic E-state index is 0.991. The molecule has 20 heavy (non-hydrogen) atoms. The van der Waals surface area contributed by atoms with Crippen LogP contribution in [0, 0.1) is 6.92 Å². The van der Waals surface area contributed by atoms with E-state index in [9.17, 15) is 0 Å². The van der Waals surface area contributed by atoms with Gasteiger partial charge in [0.2, 0.25) is 5.95 Å². The minimum Gasteiger partial charge on any atom is -0.356 e. The van der Waals surface area contributed by atoms with Crippen molar-refractivity contribution in [1.82, 2.24) is 19.1 Å². The Bertz CT molecular complexity index is 796. The van der Waals surface area contributed by atoms with Crippen molar-refractivity contribution in [2.45, 2.75) is 19.9 Å². The van der Waals surface area contributed by atoms with Gasteiger partial charge in [-0.3, -0.25) is 0 Å². The molecule has 0 bridgehead atoms. The van der Waals surface area contributed by atoms with Gasteiger partial charge in [-0.05, 0) is 25.5 Å². The molecule has 102 valence electrons. The van der Waals surface area contributed by atoms with E-state index in [1.54, 1.807) is 0 Å². The molecular formula is C15H17N5. The van der Waals surface area contributed by atoms with Gasteiger partial charge in [-0.1, -0.05) is 6.07 Å². The van der Waals surface area contributed by atoms with Gasteiger partial charge in [0.25, 0.3) is 0 Å². The Hall–Kier alpha value is -2.30. The van der Waals surface area contributed by atoms with Crippen molar-refractivity contribution in [3.05, 3.63) is 30.2 Å². The molecule has 0 radical (unpaired) electrons. The summed E-state index contributed by atoms with van der Waals surface area (Å²) in [6.45, 7) is 4.20. The first-order valence-electron chi connectivity index (χ1n) is 6.96. The summed E-state index contributed by atoms with van der Waals surface area (Å²) in [6, 6.07) is 6.37. The molecule has 0 saturated carbocycles. The fourth-order valence-electron chi connectivity index (χ4n) is 2.94. The van der Waals surface area contributed by atoms with E-state index in [0.29, 0.717) is 0 Å². The van der Waals surface area contributed by atoms with Crippen LogP contribution in [0.2, 0.25) is 0 Å². The van der Waals surface area contributed by atoms with Crippen LogP contribution in [0.4, 0.5) is 5.95 Å². The van der Waals surface area contributed by atoms with Gasteiger partial charge >= 0.3 is 0 Å². The van der Waals surface area contributed by atoms with E-state index in [4.69, 9.17) is 4.98 Å². The van der Waals surface area contributed by atoms with Crippen LogP contribution >= 0.6 is 0 Å². The molecule has 1 N–H and O–H groups in total. The molecule has 2 aromatic heterocycles. The fourth-order valence-corrected chi connectivity index (χ4v) is 2.94. The first kappa shape index (κ1) is 11.5. The van der Waals surface area contributed by atoms with E-state index in [1.807, 2.05) is 17.9 Å². The lowest BCUT2D eigenvalue weighted by atomic mass is 10.1. The average Bonchev–Trinajstić information content (AvgIpc) is 3.01. The number of aryl methyl sites for hydroxylation is 1. The predicted molar refractivity (Wildman–Crippen MR) is 79.8 cm³/mol. The lowest BCUT2D eigenvalue weighted by Crippen LogP contribution is -2.17.